The van der Waals surface area contributed by atoms with Crippen molar-refractivity contribution in [2.24, 2.45) is 23.7 Å². The molecule has 1 saturated carbocycles. The van der Waals surface area contributed by atoms with E-state index in [4.69, 9.17) is 14.2 Å². The molecule has 7 heteroatoms. The first-order valence-electron chi connectivity index (χ1n) is 11.9. The number of esters is 2. The molecule has 1 aliphatic carbocycles. The van der Waals surface area contributed by atoms with E-state index in [2.05, 4.69) is 0 Å². The maximum Gasteiger partial charge on any atom is 0.309 e. The van der Waals surface area contributed by atoms with Crippen LogP contribution < -0.4 is 0 Å². The van der Waals surface area contributed by atoms with Gasteiger partial charge in [0.25, 0.3) is 0 Å². The maximum atomic E-state index is 13.0. The smallest absolute Gasteiger partial charge is 0.309 e. The Bertz CT molecular complexity index is 735. The SMILES string of the molecule is CCCC(=O)O[C@]1(C)CCC2C(C)C(=O)O[C@@]3(C)CCC(O)[C@](C)(O)CC4OC3C2C41. The van der Waals surface area contributed by atoms with Gasteiger partial charge >= 0.3 is 11.9 Å². The summed E-state index contributed by atoms with van der Waals surface area (Å²) in [6, 6.07) is 0. The lowest BCUT2D eigenvalue weighted by Crippen LogP contribution is -2.56. The number of hydrogen-bond acceptors (Lipinski definition) is 7. The molecule has 4 rings (SSSR count). The van der Waals surface area contributed by atoms with Crippen LogP contribution in [0.15, 0.2) is 0 Å². The van der Waals surface area contributed by atoms with Gasteiger partial charge in [-0.2, -0.15) is 0 Å². The Labute approximate surface area is 184 Å². The minimum Gasteiger partial charge on any atom is -0.459 e. The molecule has 7 nitrogen and oxygen atoms in total. The van der Waals surface area contributed by atoms with E-state index < -0.39 is 29.0 Å². The number of rotatable bonds is 3. The van der Waals surface area contributed by atoms with Gasteiger partial charge in [0.2, 0.25) is 0 Å². The average molecular weight is 439 g/mol. The van der Waals surface area contributed by atoms with Gasteiger partial charge in [-0.05, 0) is 58.8 Å². The molecule has 0 aromatic heterocycles. The quantitative estimate of drug-likeness (QED) is 0.653. The maximum absolute atomic E-state index is 13.0. The van der Waals surface area contributed by atoms with Gasteiger partial charge in [-0.3, -0.25) is 9.59 Å². The van der Waals surface area contributed by atoms with Gasteiger partial charge in [0, 0.05) is 24.7 Å². The van der Waals surface area contributed by atoms with E-state index in [1.54, 1.807) is 6.92 Å². The molecule has 3 aliphatic heterocycles. The summed E-state index contributed by atoms with van der Waals surface area (Å²) in [5, 5.41) is 21.8. The van der Waals surface area contributed by atoms with Crippen LogP contribution >= 0.6 is 0 Å². The van der Waals surface area contributed by atoms with Crippen molar-refractivity contribution in [3.63, 3.8) is 0 Å². The predicted molar refractivity (Wildman–Crippen MR) is 112 cm³/mol. The second kappa shape index (κ2) is 7.70. The van der Waals surface area contributed by atoms with Crippen LogP contribution in [0.3, 0.4) is 0 Å². The van der Waals surface area contributed by atoms with E-state index in [1.807, 2.05) is 27.7 Å². The lowest BCUT2D eigenvalue weighted by molar-refractivity contribution is -0.183. The molecule has 0 amide bonds. The molecule has 31 heavy (non-hydrogen) atoms. The number of ether oxygens (including phenoxy) is 3. The van der Waals surface area contributed by atoms with Crippen LogP contribution in [-0.4, -0.2) is 57.3 Å². The van der Waals surface area contributed by atoms with E-state index in [0.717, 1.165) is 6.42 Å². The molecular formula is C24H38O7. The topological polar surface area (TPSA) is 102 Å². The summed E-state index contributed by atoms with van der Waals surface area (Å²) in [6.07, 6.45) is 1.73. The van der Waals surface area contributed by atoms with E-state index >= 15 is 0 Å². The number of carbonyl (C=O) groups excluding carboxylic acids is 2. The van der Waals surface area contributed by atoms with E-state index in [0.29, 0.717) is 32.1 Å². The van der Waals surface area contributed by atoms with Crippen LogP contribution in [0.4, 0.5) is 0 Å². The Kier molecular flexibility index (Phi) is 5.71. The molecule has 0 radical (unpaired) electrons. The molecule has 4 fully saturated rings. The van der Waals surface area contributed by atoms with Crippen molar-refractivity contribution in [2.45, 2.75) is 115 Å². The first-order valence-corrected chi connectivity index (χ1v) is 11.9. The third kappa shape index (κ3) is 3.70. The second-order valence-electron chi connectivity index (χ2n) is 11.1. The first-order chi connectivity index (χ1) is 14.4. The van der Waals surface area contributed by atoms with Crippen molar-refractivity contribution in [1.29, 1.82) is 0 Å². The van der Waals surface area contributed by atoms with Crippen molar-refractivity contribution >= 4 is 11.9 Å². The van der Waals surface area contributed by atoms with Gasteiger partial charge in [0.15, 0.2) is 0 Å². The molecule has 7 unspecified atom stereocenters. The number of fused-ring (bicyclic) bond motifs is 2. The fourth-order valence-electron chi connectivity index (χ4n) is 6.87. The third-order valence-corrected chi connectivity index (χ3v) is 8.66. The summed E-state index contributed by atoms with van der Waals surface area (Å²) in [5.41, 5.74) is -2.99. The van der Waals surface area contributed by atoms with Gasteiger partial charge in [-0.15, -0.1) is 0 Å². The van der Waals surface area contributed by atoms with Gasteiger partial charge < -0.3 is 24.4 Å². The van der Waals surface area contributed by atoms with Crippen molar-refractivity contribution in [3.8, 4) is 0 Å². The zero-order valence-corrected chi connectivity index (χ0v) is 19.4. The monoisotopic (exact) mass is 438 g/mol. The standard InChI is InChI=1S/C24H38O7/c1-6-7-17(26)30-23(4)10-8-14-13(2)21(27)31-24(5)11-9-16(25)22(3,28)12-15-19(23)18(14)20(24)29-15/h13-16,18-20,25,28H,6-12H2,1-5H3/t13?,14?,15?,16?,18?,19?,20?,22-,23-,24+/m1/s1. The Balaban J connectivity index is 1.81. The van der Waals surface area contributed by atoms with Crippen molar-refractivity contribution in [1.82, 2.24) is 0 Å². The summed E-state index contributed by atoms with van der Waals surface area (Å²) < 4.78 is 18.8. The molecule has 10 atom stereocenters. The first kappa shape index (κ1) is 23.0. The number of aliphatic hydroxyl groups excluding tert-OH is 1. The molecular weight excluding hydrogens is 400 g/mol. The summed E-state index contributed by atoms with van der Waals surface area (Å²) in [4.78, 5) is 25.5. The lowest BCUT2D eigenvalue weighted by Gasteiger charge is -2.49. The number of carbonyl (C=O) groups is 2. The number of aliphatic hydroxyl groups is 2. The van der Waals surface area contributed by atoms with Crippen LogP contribution in [0.2, 0.25) is 0 Å². The minimum atomic E-state index is -1.35. The Hall–Kier alpha value is -1.18. The van der Waals surface area contributed by atoms with Gasteiger partial charge in [-0.1, -0.05) is 13.8 Å². The molecule has 2 N–H and O–H groups in total. The van der Waals surface area contributed by atoms with Gasteiger partial charge in [-0.25, -0.2) is 0 Å². The Morgan fingerprint density at radius 1 is 1.23 bits per heavy atom. The van der Waals surface area contributed by atoms with Crippen LogP contribution in [0.25, 0.3) is 0 Å². The summed E-state index contributed by atoms with van der Waals surface area (Å²) in [6.45, 7) is 9.39. The number of hydrogen-bond donors (Lipinski definition) is 2. The van der Waals surface area contributed by atoms with Crippen molar-refractivity contribution < 1.29 is 34.0 Å². The molecule has 3 saturated heterocycles. The summed E-state index contributed by atoms with van der Waals surface area (Å²) >= 11 is 0. The van der Waals surface area contributed by atoms with Crippen LogP contribution in [0.5, 0.6) is 0 Å². The van der Waals surface area contributed by atoms with Crippen molar-refractivity contribution in [2.75, 3.05) is 0 Å². The fraction of sp³-hybridized carbons (Fsp3) is 0.917. The highest BCUT2D eigenvalue weighted by atomic mass is 16.6. The van der Waals surface area contributed by atoms with Gasteiger partial charge in [0.1, 0.15) is 17.3 Å². The molecule has 0 aromatic carbocycles. The highest BCUT2D eigenvalue weighted by Gasteiger charge is 2.67. The zero-order chi connectivity index (χ0) is 22.8. The highest BCUT2D eigenvalue weighted by Crippen LogP contribution is 2.60. The Morgan fingerprint density at radius 2 is 1.94 bits per heavy atom. The average Bonchev–Trinajstić information content (AvgIpc) is 3.03. The fourth-order valence-corrected chi connectivity index (χ4v) is 6.87. The third-order valence-electron chi connectivity index (χ3n) is 8.66. The van der Waals surface area contributed by atoms with Crippen LogP contribution in [-0.2, 0) is 23.8 Å². The second-order valence-corrected chi connectivity index (χ2v) is 11.1. The van der Waals surface area contributed by atoms with Crippen LogP contribution in [0.1, 0.15) is 79.6 Å². The van der Waals surface area contributed by atoms with Crippen molar-refractivity contribution in [3.05, 3.63) is 0 Å². The zero-order valence-electron chi connectivity index (χ0n) is 19.4. The van der Waals surface area contributed by atoms with E-state index in [-0.39, 0.29) is 48.1 Å². The molecule has 0 aromatic rings. The molecule has 0 spiro atoms. The molecule has 3 heterocycles. The molecule has 2 bridgehead atoms. The predicted octanol–water partition coefficient (Wildman–Crippen LogP) is 2.75. The van der Waals surface area contributed by atoms with E-state index in [9.17, 15) is 19.8 Å². The lowest BCUT2D eigenvalue weighted by atomic mass is 9.57. The summed E-state index contributed by atoms with van der Waals surface area (Å²) in [5.74, 6) is -0.849. The largest absolute Gasteiger partial charge is 0.459 e. The summed E-state index contributed by atoms with van der Waals surface area (Å²) in [7, 11) is 0. The van der Waals surface area contributed by atoms with E-state index in [1.165, 1.54) is 0 Å². The van der Waals surface area contributed by atoms with Crippen LogP contribution in [0, 0.1) is 23.7 Å². The molecule has 176 valence electrons. The normalized spacial score (nSPS) is 51.7. The Morgan fingerprint density at radius 3 is 2.61 bits per heavy atom. The molecule has 4 aliphatic rings. The van der Waals surface area contributed by atoms with Gasteiger partial charge in [0.05, 0.1) is 23.7 Å². The minimum absolute atomic E-state index is 0.0179. The highest BCUT2D eigenvalue weighted by molar-refractivity contribution is 5.73.